The van der Waals surface area contributed by atoms with Crippen LogP contribution in [-0.2, 0) is 9.84 Å². The maximum atomic E-state index is 13.5. The van der Waals surface area contributed by atoms with Crippen LogP contribution in [0.5, 0.6) is 0 Å². The maximum Gasteiger partial charge on any atom is 0.259 e. The van der Waals surface area contributed by atoms with Gasteiger partial charge in [0.15, 0.2) is 9.84 Å². The number of rotatable bonds is 8. The van der Waals surface area contributed by atoms with E-state index in [0.717, 1.165) is 58.0 Å². The normalized spacial score (nSPS) is 22.2. The van der Waals surface area contributed by atoms with E-state index in [-0.39, 0.29) is 16.1 Å². The highest BCUT2D eigenvalue weighted by Crippen LogP contribution is 2.54. The first-order valence-corrected chi connectivity index (χ1v) is 15.7. The predicted octanol–water partition coefficient (Wildman–Crippen LogP) is 4.76. The van der Waals surface area contributed by atoms with Crippen molar-refractivity contribution in [2.45, 2.75) is 86.4 Å². The van der Waals surface area contributed by atoms with Crippen LogP contribution in [0.1, 0.15) is 81.0 Å². The molecule has 0 bridgehead atoms. The summed E-state index contributed by atoms with van der Waals surface area (Å²) < 4.78 is 26.2. The van der Waals surface area contributed by atoms with Crippen molar-refractivity contribution in [1.29, 1.82) is 0 Å². The van der Waals surface area contributed by atoms with Gasteiger partial charge in [0.05, 0.1) is 21.3 Å². The van der Waals surface area contributed by atoms with Gasteiger partial charge in [-0.3, -0.25) is 4.79 Å². The van der Waals surface area contributed by atoms with Crippen LogP contribution < -0.4 is 15.5 Å². The van der Waals surface area contributed by atoms with Crippen LogP contribution in [0.3, 0.4) is 0 Å². The lowest BCUT2D eigenvalue weighted by Gasteiger charge is -2.37. The Kier molecular flexibility index (Phi) is 6.63. The fraction of sp³-hybridized carbons (Fsp3) is 0.586. The zero-order valence-corrected chi connectivity index (χ0v) is 22.7. The maximum absolute atomic E-state index is 13.5. The number of pyridine rings is 1. The first kappa shape index (κ1) is 25.6. The number of anilines is 3. The monoisotopic (exact) mass is 538 g/mol. The lowest BCUT2D eigenvalue weighted by molar-refractivity contribution is -0.0202. The van der Waals surface area contributed by atoms with Crippen LogP contribution in [-0.4, -0.2) is 54.9 Å². The van der Waals surface area contributed by atoms with Crippen LogP contribution in [0.15, 0.2) is 41.3 Å². The van der Waals surface area contributed by atoms with Crippen molar-refractivity contribution < 1.29 is 18.3 Å². The van der Waals surface area contributed by atoms with Crippen LogP contribution in [0.4, 0.5) is 17.3 Å². The summed E-state index contributed by atoms with van der Waals surface area (Å²) in [5.74, 6) is 0.977. The van der Waals surface area contributed by atoms with Gasteiger partial charge in [-0.1, -0.05) is 18.9 Å². The molecule has 1 saturated heterocycles. The summed E-state index contributed by atoms with van der Waals surface area (Å²) in [5, 5.41) is 16.4. The molecule has 2 heterocycles. The van der Waals surface area contributed by atoms with Gasteiger partial charge in [-0.25, -0.2) is 13.4 Å². The molecule has 0 radical (unpaired) electrons. The fourth-order valence-corrected chi connectivity index (χ4v) is 8.09. The smallest absolute Gasteiger partial charge is 0.259 e. The second kappa shape index (κ2) is 9.83. The van der Waals surface area contributed by atoms with E-state index in [2.05, 4.69) is 15.5 Å². The molecule has 1 aliphatic heterocycles. The van der Waals surface area contributed by atoms with Crippen molar-refractivity contribution in [1.82, 2.24) is 4.98 Å². The molecule has 9 heteroatoms. The highest BCUT2D eigenvalue weighted by Gasteiger charge is 2.45. The Morgan fingerprint density at radius 3 is 2.39 bits per heavy atom. The van der Waals surface area contributed by atoms with Crippen molar-refractivity contribution >= 4 is 33.1 Å². The lowest BCUT2D eigenvalue weighted by Crippen LogP contribution is -2.43. The Morgan fingerprint density at radius 1 is 1.00 bits per heavy atom. The number of amides is 1. The number of nitrogens with zero attached hydrogens (tertiary/aromatic N) is 2. The molecule has 204 valence electrons. The summed E-state index contributed by atoms with van der Waals surface area (Å²) in [7, 11) is -3.41. The van der Waals surface area contributed by atoms with Crippen LogP contribution in [0.25, 0.3) is 0 Å². The Labute approximate surface area is 225 Å². The van der Waals surface area contributed by atoms with E-state index in [1.165, 1.54) is 12.8 Å². The van der Waals surface area contributed by atoms with Gasteiger partial charge in [0.25, 0.3) is 5.91 Å². The van der Waals surface area contributed by atoms with E-state index in [4.69, 9.17) is 4.98 Å². The average molecular weight is 539 g/mol. The summed E-state index contributed by atoms with van der Waals surface area (Å²) in [6.45, 7) is 2.15. The second-order valence-electron chi connectivity index (χ2n) is 11.9. The van der Waals surface area contributed by atoms with Crippen LogP contribution in [0, 0.1) is 5.41 Å². The molecular weight excluding hydrogens is 500 g/mol. The molecule has 1 aromatic carbocycles. The van der Waals surface area contributed by atoms with Crippen LogP contribution >= 0.6 is 0 Å². The SMILES string of the molecule is O=C(Nc1cccc(S(=O)(=O)C2CCCC2)c1)c1ccc(NCC2(O)CCC2)nc1N1CCC2(CC1)CC2. The van der Waals surface area contributed by atoms with Gasteiger partial charge in [-0.15, -0.1) is 0 Å². The molecule has 3 aliphatic carbocycles. The average Bonchev–Trinajstić information content (AvgIpc) is 3.41. The Hall–Kier alpha value is -2.65. The topological polar surface area (TPSA) is 112 Å². The third-order valence-corrected chi connectivity index (χ3v) is 11.5. The summed E-state index contributed by atoms with van der Waals surface area (Å²) in [4.78, 5) is 20.8. The van der Waals surface area contributed by atoms with E-state index >= 15 is 0 Å². The molecule has 1 aromatic heterocycles. The first-order chi connectivity index (χ1) is 18.3. The predicted molar refractivity (Wildman–Crippen MR) is 148 cm³/mol. The first-order valence-electron chi connectivity index (χ1n) is 14.1. The number of sulfone groups is 1. The van der Waals surface area contributed by atoms with Gasteiger partial charge in [-0.05, 0) is 93.5 Å². The number of carbonyl (C=O) groups is 1. The van der Waals surface area contributed by atoms with Gasteiger partial charge in [0.2, 0.25) is 0 Å². The fourth-order valence-electron chi connectivity index (χ4n) is 6.19. The summed E-state index contributed by atoms with van der Waals surface area (Å²) in [5.41, 5.74) is 0.748. The molecule has 4 aliphatic rings. The molecule has 0 unspecified atom stereocenters. The standard InChI is InChI=1S/C29H38N4O4S/c34-27(31-21-5-3-8-23(19-21)38(36,37)22-6-1-2-7-22)24-9-10-25(30-20-29(35)11-4-12-29)32-26(24)33-17-15-28(13-14-28)16-18-33/h3,5,8-10,19,22,35H,1-2,4,6-7,11-18,20H2,(H,30,32)(H,31,34). The van der Waals surface area contributed by atoms with Crippen molar-refractivity contribution in [3.05, 3.63) is 42.0 Å². The van der Waals surface area contributed by atoms with Gasteiger partial charge in [0, 0.05) is 25.3 Å². The second-order valence-corrected chi connectivity index (χ2v) is 14.1. The molecule has 8 nitrogen and oxygen atoms in total. The van der Waals surface area contributed by atoms with Gasteiger partial charge >= 0.3 is 0 Å². The van der Waals surface area contributed by atoms with Crippen LogP contribution in [0.2, 0.25) is 0 Å². The quantitative estimate of drug-likeness (QED) is 0.444. The van der Waals surface area contributed by atoms with Crippen molar-refractivity contribution in [2.75, 3.05) is 35.2 Å². The molecule has 4 fully saturated rings. The van der Waals surface area contributed by atoms with Crippen molar-refractivity contribution in [3.63, 3.8) is 0 Å². The number of carbonyl (C=O) groups excluding carboxylic acids is 1. The number of hydrogen-bond acceptors (Lipinski definition) is 7. The molecule has 1 spiro atoms. The number of benzene rings is 1. The van der Waals surface area contributed by atoms with Crippen molar-refractivity contribution in [3.8, 4) is 0 Å². The van der Waals surface area contributed by atoms with Crippen molar-refractivity contribution in [2.24, 2.45) is 5.41 Å². The third-order valence-electron chi connectivity index (χ3n) is 9.24. The molecule has 0 atom stereocenters. The van der Waals surface area contributed by atoms with E-state index in [0.29, 0.717) is 47.7 Å². The van der Waals surface area contributed by atoms with E-state index < -0.39 is 15.4 Å². The third kappa shape index (κ3) is 5.15. The van der Waals surface area contributed by atoms with Gasteiger partial charge in [-0.2, -0.15) is 0 Å². The molecule has 6 rings (SSSR count). The Morgan fingerprint density at radius 2 is 1.74 bits per heavy atom. The summed E-state index contributed by atoms with van der Waals surface area (Å²) >= 11 is 0. The van der Waals surface area contributed by atoms with E-state index in [1.807, 2.05) is 0 Å². The number of hydrogen-bond donors (Lipinski definition) is 3. The molecule has 3 N–H and O–H groups in total. The Bertz CT molecular complexity index is 1300. The largest absolute Gasteiger partial charge is 0.388 e. The highest BCUT2D eigenvalue weighted by molar-refractivity contribution is 7.92. The molecule has 3 saturated carbocycles. The minimum absolute atomic E-state index is 0.264. The molecule has 1 amide bonds. The van der Waals surface area contributed by atoms with Gasteiger partial charge in [0.1, 0.15) is 11.6 Å². The summed E-state index contributed by atoms with van der Waals surface area (Å²) in [6, 6.07) is 10.2. The zero-order chi connectivity index (χ0) is 26.4. The molecular formula is C29H38N4O4S. The summed E-state index contributed by atoms with van der Waals surface area (Å²) in [6.07, 6.45) is 10.7. The number of aromatic nitrogens is 1. The van der Waals surface area contributed by atoms with Gasteiger partial charge < -0.3 is 20.6 Å². The number of nitrogens with one attached hydrogen (secondary N) is 2. The minimum atomic E-state index is -3.41. The minimum Gasteiger partial charge on any atom is -0.388 e. The number of piperidine rings is 1. The molecule has 2 aromatic rings. The zero-order valence-electron chi connectivity index (χ0n) is 21.9. The highest BCUT2D eigenvalue weighted by atomic mass is 32.2. The van der Waals surface area contributed by atoms with E-state index in [1.54, 1.807) is 36.4 Å². The lowest BCUT2D eigenvalue weighted by atomic mass is 9.80. The number of aliphatic hydroxyl groups is 1. The Balaban J connectivity index is 1.23. The molecule has 38 heavy (non-hydrogen) atoms. The van der Waals surface area contributed by atoms with E-state index in [9.17, 15) is 18.3 Å².